The van der Waals surface area contributed by atoms with Gasteiger partial charge in [-0.1, -0.05) is 39.0 Å². The number of Topliss-reactive ketones (excluding diaryl/α,β-unsaturated/α-hetero) is 1. The molecule has 6 heteroatoms. The van der Waals surface area contributed by atoms with E-state index >= 15 is 0 Å². The summed E-state index contributed by atoms with van der Waals surface area (Å²) < 4.78 is 11.6. The van der Waals surface area contributed by atoms with E-state index in [0.717, 1.165) is 16.9 Å². The number of rotatable bonds is 8. The predicted octanol–water partition coefficient (Wildman–Crippen LogP) is 5.75. The molecule has 0 saturated carbocycles. The van der Waals surface area contributed by atoms with Crippen molar-refractivity contribution in [3.63, 3.8) is 0 Å². The highest BCUT2D eigenvalue weighted by Gasteiger charge is 2.46. The Bertz CT molecular complexity index is 1120. The van der Waals surface area contributed by atoms with Crippen LogP contribution in [0.2, 0.25) is 0 Å². The van der Waals surface area contributed by atoms with Crippen molar-refractivity contribution >= 4 is 17.4 Å². The van der Waals surface area contributed by atoms with Gasteiger partial charge in [0.1, 0.15) is 17.3 Å². The molecule has 0 spiro atoms. The first kappa shape index (κ1) is 25.3. The molecule has 1 saturated heterocycles. The Morgan fingerprint density at radius 1 is 1.09 bits per heavy atom. The first-order valence-corrected chi connectivity index (χ1v) is 11.8. The van der Waals surface area contributed by atoms with Crippen LogP contribution in [0.1, 0.15) is 75.3 Å². The molecule has 1 amide bonds. The average molecular weight is 466 g/mol. The van der Waals surface area contributed by atoms with Crippen LogP contribution in [0.5, 0.6) is 11.5 Å². The number of para-hydroxylation sites is 1. The summed E-state index contributed by atoms with van der Waals surface area (Å²) in [5.74, 6) is -0.0167. The number of ether oxygens (including phenoxy) is 2. The number of likely N-dealkylation sites (tertiary alicyclic amines) is 1. The summed E-state index contributed by atoms with van der Waals surface area (Å²) in [7, 11) is 1.61. The second kappa shape index (κ2) is 10.3. The number of amides is 1. The maximum absolute atomic E-state index is 13.3. The fraction of sp³-hybridized carbons (Fsp3) is 0.429. The lowest BCUT2D eigenvalue weighted by atomic mass is 9.90. The number of aryl methyl sites for hydroxylation is 1. The molecule has 1 aliphatic rings. The summed E-state index contributed by atoms with van der Waals surface area (Å²) in [5, 5.41) is 11.5. The van der Waals surface area contributed by atoms with Gasteiger partial charge in [-0.25, -0.2) is 0 Å². The number of ketones is 1. The van der Waals surface area contributed by atoms with E-state index in [4.69, 9.17) is 9.47 Å². The summed E-state index contributed by atoms with van der Waals surface area (Å²) in [5.41, 5.74) is 2.96. The van der Waals surface area contributed by atoms with E-state index in [-0.39, 0.29) is 23.4 Å². The molecule has 34 heavy (non-hydrogen) atoms. The third kappa shape index (κ3) is 4.67. The number of methoxy groups -OCH3 is 1. The molecular weight excluding hydrogens is 430 g/mol. The minimum absolute atomic E-state index is 0.0845. The number of aliphatic hydroxyl groups excluding tert-OH is 1. The van der Waals surface area contributed by atoms with Crippen molar-refractivity contribution in [2.75, 3.05) is 13.7 Å². The van der Waals surface area contributed by atoms with Gasteiger partial charge >= 0.3 is 0 Å². The highest BCUT2D eigenvalue weighted by Crippen LogP contribution is 2.44. The van der Waals surface area contributed by atoms with Gasteiger partial charge in [0.05, 0.1) is 24.8 Å². The lowest BCUT2D eigenvalue weighted by molar-refractivity contribution is -0.139. The molecule has 1 fully saturated rings. The quantitative estimate of drug-likeness (QED) is 0.305. The molecule has 1 heterocycles. The smallest absolute Gasteiger partial charge is 0.295 e. The van der Waals surface area contributed by atoms with Crippen LogP contribution in [-0.4, -0.2) is 41.5 Å². The van der Waals surface area contributed by atoms with Crippen LogP contribution in [-0.2, 0) is 9.59 Å². The number of benzene rings is 2. The fourth-order valence-electron chi connectivity index (χ4n) is 4.47. The van der Waals surface area contributed by atoms with Crippen LogP contribution >= 0.6 is 0 Å². The standard InChI is InChI=1S/C28H35NO5/c1-8-13-29-25(19-11-9-10-12-22(19)34-17(4)5)24(27(31)28(29)32)26(30)21-15-20(16(2)3)23(33-7)14-18(21)6/h9-12,14-17,25,30H,8,13H2,1-7H3/b26-24+. The Labute approximate surface area is 202 Å². The van der Waals surface area contributed by atoms with Gasteiger partial charge in [0.15, 0.2) is 0 Å². The van der Waals surface area contributed by atoms with Gasteiger partial charge in [-0.15, -0.1) is 0 Å². The molecular formula is C28H35NO5. The summed E-state index contributed by atoms with van der Waals surface area (Å²) in [4.78, 5) is 27.9. The van der Waals surface area contributed by atoms with Crippen LogP contribution < -0.4 is 9.47 Å². The summed E-state index contributed by atoms with van der Waals surface area (Å²) >= 11 is 0. The van der Waals surface area contributed by atoms with Crippen molar-refractivity contribution < 1.29 is 24.2 Å². The van der Waals surface area contributed by atoms with Gasteiger partial charge in [-0.2, -0.15) is 0 Å². The van der Waals surface area contributed by atoms with E-state index in [1.165, 1.54) is 0 Å². The van der Waals surface area contributed by atoms with Gasteiger partial charge in [-0.05, 0) is 62.4 Å². The zero-order chi connectivity index (χ0) is 25.2. The lowest BCUT2D eigenvalue weighted by Gasteiger charge is -2.27. The van der Waals surface area contributed by atoms with E-state index in [2.05, 4.69) is 0 Å². The first-order valence-electron chi connectivity index (χ1n) is 11.8. The minimum Gasteiger partial charge on any atom is -0.507 e. The number of hydrogen-bond donors (Lipinski definition) is 1. The molecule has 2 aromatic carbocycles. The molecule has 2 aromatic rings. The average Bonchev–Trinajstić information content (AvgIpc) is 3.03. The highest BCUT2D eigenvalue weighted by atomic mass is 16.5. The van der Waals surface area contributed by atoms with Crippen LogP contribution in [0.3, 0.4) is 0 Å². The molecule has 1 unspecified atom stereocenters. The summed E-state index contributed by atoms with van der Waals surface area (Å²) in [6, 6.07) is 10.4. The van der Waals surface area contributed by atoms with Crippen LogP contribution in [0, 0.1) is 6.92 Å². The molecule has 0 aliphatic carbocycles. The third-order valence-electron chi connectivity index (χ3n) is 6.03. The minimum atomic E-state index is -0.737. The third-order valence-corrected chi connectivity index (χ3v) is 6.03. The Hall–Kier alpha value is -3.28. The largest absolute Gasteiger partial charge is 0.507 e. The predicted molar refractivity (Wildman–Crippen MR) is 133 cm³/mol. The van der Waals surface area contributed by atoms with Gasteiger partial charge in [0, 0.05) is 17.7 Å². The molecule has 182 valence electrons. The van der Waals surface area contributed by atoms with Crippen molar-refractivity contribution in [3.05, 3.63) is 64.2 Å². The fourth-order valence-corrected chi connectivity index (χ4v) is 4.47. The monoisotopic (exact) mass is 465 g/mol. The molecule has 3 rings (SSSR count). The second-order valence-electron chi connectivity index (χ2n) is 9.26. The van der Waals surface area contributed by atoms with Crippen molar-refractivity contribution in [1.82, 2.24) is 4.90 Å². The number of carbonyl (C=O) groups is 2. The number of hydrogen-bond acceptors (Lipinski definition) is 5. The van der Waals surface area contributed by atoms with E-state index < -0.39 is 17.7 Å². The lowest BCUT2D eigenvalue weighted by Crippen LogP contribution is -2.30. The van der Waals surface area contributed by atoms with Gasteiger partial charge < -0.3 is 19.5 Å². The Balaban J connectivity index is 2.29. The van der Waals surface area contributed by atoms with Gasteiger partial charge in [0.2, 0.25) is 0 Å². The summed E-state index contributed by atoms with van der Waals surface area (Å²) in [6.45, 7) is 12.1. The van der Waals surface area contributed by atoms with Crippen molar-refractivity contribution in [2.24, 2.45) is 0 Å². The van der Waals surface area contributed by atoms with E-state index in [0.29, 0.717) is 29.8 Å². The highest BCUT2D eigenvalue weighted by molar-refractivity contribution is 6.46. The van der Waals surface area contributed by atoms with Crippen molar-refractivity contribution in [2.45, 2.75) is 66.0 Å². The number of nitrogens with zero attached hydrogens (tertiary/aromatic N) is 1. The van der Waals surface area contributed by atoms with E-state index in [1.54, 1.807) is 12.0 Å². The number of aliphatic hydroxyl groups is 1. The van der Waals surface area contributed by atoms with E-state index in [1.807, 2.05) is 77.9 Å². The maximum atomic E-state index is 13.3. The van der Waals surface area contributed by atoms with Gasteiger partial charge in [0.25, 0.3) is 11.7 Å². The molecule has 6 nitrogen and oxygen atoms in total. The zero-order valence-electron chi connectivity index (χ0n) is 21.1. The normalized spacial score (nSPS) is 17.7. The first-order chi connectivity index (χ1) is 16.1. The molecule has 1 N–H and O–H groups in total. The topological polar surface area (TPSA) is 76.1 Å². The zero-order valence-corrected chi connectivity index (χ0v) is 21.1. The molecule has 0 aromatic heterocycles. The van der Waals surface area contributed by atoms with Crippen LogP contribution in [0.25, 0.3) is 5.76 Å². The second-order valence-corrected chi connectivity index (χ2v) is 9.26. The molecule has 0 radical (unpaired) electrons. The Morgan fingerprint density at radius 2 is 1.76 bits per heavy atom. The Morgan fingerprint density at radius 3 is 2.35 bits per heavy atom. The molecule has 1 atom stereocenters. The molecule has 0 bridgehead atoms. The van der Waals surface area contributed by atoms with Gasteiger partial charge in [-0.3, -0.25) is 9.59 Å². The number of carbonyl (C=O) groups excluding carboxylic acids is 2. The van der Waals surface area contributed by atoms with Crippen LogP contribution in [0.4, 0.5) is 0 Å². The summed E-state index contributed by atoms with van der Waals surface area (Å²) in [6.07, 6.45) is 0.586. The SMILES string of the molecule is CCCN1C(=O)C(=O)/C(=C(/O)c2cc(C(C)C)c(OC)cc2C)C1c1ccccc1OC(C)C. The van der Waals surface area contributed by atoms with Crippen molar-refractivity contribution in [3.8, 4) is 11.5 Å². The molecule has 1 aliphatic heterocycles. The Kier molecular flexibility index (Phi) is 7.70. The van der Waals surface area contributed by atoms with Crippen LogP contribution in [0.15, 0.2) is 42.0 Å². The van der Waals surface area contributed by atoms with Crippen molar-refractivity contribution in [1.29, 1.82) is 0 Å². The van der Waals surface area contributed by atoms with E-state index in [9.17, 15) is 14.7 Å². The maximum Gasteiger partial charge on any atom is 0.295 e.